The van der Waals surface area contributed by atoms with Crippen LogP contribution in [-0.4, -0.2) is 72.3 Å². The van der Waals surface area contributed by atoms with Crippen LogP contribution in [0.15, 0.2) is 24.3 Å². The van der Waals surface area contributed by atoms with E-state index in [1.165, 1.54) is 29.5 Å². The monoisotopic (exact) mass is 505 g/mol. The Morgan fingerprint density at radius 3 is 2.82 bits per heavy atom. The summed E-state index contributed by atoms with van der Waals surface area (Å²) in [7, 11) is -1.36. The van der Waals surface area contributed by atoms with Gasteiger partial charge in [-0.3, -0.25) is 9.59 Å². The largest absolute Gasteiger partial charge is 0.351 e. The average Bonchev–Trinajstić information content (AvgIpc) is 3.38. The van der Waals surface area contributed by atoms with Crippen LogP contribution in [0.25, 0.3) is 10.9 Å². The molecule has 0 bridgehead atoms. The molecular weight excluding hydrogens is 481 g/mol. The summed E-state index contributed by atoms with van der Waals surface area (Å²) >= 11 is 1.31. The molecule has 2 amide bonds. The molecule has 0 aliphatic carbocycles. The number of carbonyl (C=O) groups is 2. The Balaban J connectivity index is 1.32. The lowest BCUT2D eigenvalue weighted by molar-refractivity contribution is 0.0882. The molecule has 1 saturated heterocycles. The predicted molar refractivity (Wildman–Crippen MR) is 126 cm³/mol. The van der Waals surface area contributed by atoms with Crippen molar-refractivity contribution in [3.8, 4) is 0 Å². The highest BCUT2D eigenvalue weighted by atomic mass is 32.2. The molecule has 0 radical (unpaired) electrons. The van der Waals surface area contributed by atoms with Gasteiger partial charge in [-0.1, -0.05) is 0 Å². The summed E-state index contributed by atoms with van der Waals surface area (Å²) in [6.45, 7) is 1.60. The molecule has 2 aromatic heterocycles. The molecule has 12 heteroatoms. The Kier molecular flexibility index (Phi) is 5.90. The normalized spacial score (nSPS) is 22.3. The van der Waals surface area contributed by atoms with Gasteiger partial charge in [0.25, 0.3) is 11.8 Å². The van der Waals surface area contributed by atoms with E-state index in [4.69, 9.17) is 0 Å². The number of benzene rings is 1. The number of nitrogens with zero attached hydrogens (tertiary/aromatic N) is 2. The number of aromatic amines is 1. The number of sulfone groups is 1. The first-order valence-corrected chi connectivity index (χ1v) is 13.6. The molecule has 2 aliphatic heterocycles. The predicted octanol–water partition coefficient (Wildman–Crippen LogP) is 1.47. The van der Waals surface area contributed by atoms with Crippen LogP contribution >= 0.6 is 11.3 Å². The number of halogens is 1. The van der Waals surface area contributed by atoms with Crippen molar-refractivity contribution in [3.05, 3.63) is 51.4 Å². The molecule has 9 nitrogen and oxygen atoms in total. The first-order chi connectivity index (χ1) is 16.2. The molecule has 1 fully saturated rings. The lowest BCUT2D eigenvalue weighted by Crippen LogP contribution is -2.58. The lowest BCUT2D eigenvalue weighted by atomic mass is 10.1. The molecule has 5 rings (SSSR count). The van der Waals surface area contributed by atoms with Crippen molar-refractivity contribution in [3.63, 3.8) is 0 Å². The zero-order chi connectivity index (χ0) is 24.0. The summed E-state index contributed by atoms with van der Waals surface area (Å²) in [4.78, 5) is 36.4. The number of aromatic nitrogens is 2. The fourth-order valence-electron chi connectivity index (χ4n) is 4.42. The fourth-order valence-corrected chi connectivity index (χ4v) is 7.15. The number of fused-ring (bicyclic) bond motifs is 2. The fraction of sp³-hybridized carbons (Fsp3) is 0.409. The van der Waals surface area contributed by atoms with Gasteiger partial charge >= 0.3 is 0 Å². The van der Waals surface area contributed by atoms with Crippen LogP contribution in [0.3, 0.4) is 0 Å². The SMILES string of the molecule is CN1CCc2nc(C(=O)N[C@@H]3CS(=O)(=O)CC[C@@H]3NC(=O)c3cc4cc(F)ccc4[nH]3)sc2C1. The van der Waals surface area contributed by atoms with Gasteiger partial charge in [0.15, 0.2) is 14.8 Å². The maximum absolute atomic E-state index is 13.5. The van der Waals surface area contributed by atoms with Crippen molar-refractivity contribution in [1.82, 2.24) is 25.5 Å². The van der Waals surface area contributed by atoms with Crippen LogP contribution in [0.2, 0.25) is 0 Å². The minimum Gasteiger partial charge on any atom is -0.351 e. The molecule has 2 aliphatic rings. The second kappa shape index (κ2) is 8.75. The van der Waals surface area contributed by atoms with Gasteiger partial charge in [-0.25, -0.2) is 17.8 Å². The van der Waals surface area contributed by atoms with Crippen LogP contribution < -0.4 is 10.6 Å². The van der Waals surface area contributed by atoms with Gasteiger partial charge in [0.1, 0.15) is 11.5 Å². The summed E-state index contributed by atoms with van der Waals surface area (Å²) in [5.74, 6) is -1.65. The second-order valence-corrected chi connectivity index (χ2v) is 12.2. The topological polar surface area (TPSA) is 124 Å². The van der Waals surface area contributed by atoms with Gasteiger partial charge in [0.05, 0.1) is 29.3 Å². The van der Waals surface area contributed by atoms with Crippen molar-refractivity contribution in [2.45, 2.75) is 31.5 Å². The van der Waals surface area contributed by atoms with Gasteiger partial charge in [0, 0.05) is 35.3 Å². The highest BCUT2D eigenvalue weighted by Gasteiger charge is 2.36. The summed E-state index contributed by atoms with van der Waals surface area (Å²) in [6, 6.07) is 4.34. The molecule has 180 valence electrons. The lowest BCUT2D eigenvalue weighted by Gasteiger charge is -2.32. The van der Waals surface area contributed by atoms with E-state index >= 15 is 0 Å². The van der Waals surface area contributed by atoms with Gasteiger partial charge in [-0.05, 0) is 37.7 Å². The molecule has 4 heterocycles. The number of H-pyrrole nitrogens is 1. The third kappa shape index (κ3) is 4.70. The van der Waals surface area contributed by atoms with Crippen LogP contribution in [0.1, 0.15) is 37.3 Å². The highest BCUT2D eigenvalue weighted by Crippen LogP contribution is 2.25. The number of rotatable bonds is 4. The van der Waals surface area contributed by atoms with E-state index in [0.29, 0.717) is 15.9 Å². The second-order valence-electron chi connectivity index (χ2n) is 8.85. The molecule has 0 saturated carbocycles. The van der Waals surface area contributed by atoms with Crippen LogP contribution in [0.5, 0.6) is 0 Å². The van der Waals surface area contributed by atoms with Crippen LogP contribution in [0, 0.1) is 5.82 Å². The Bertz CT molecular complexity index is 1380. The van der Waals surface area contributed by atoms with Crippen LogP contribution in [0.4, 0.5) is 4.39 Å². The molecule has 2 atom stereocenters. The number of nitrogens with one attached hydrogen (secondary N) is 3. The molecule has 3 aromatic rings. The molecule has 0 spiro atoms. The van der Waals surface area contributed by atoms with Crippen molar-refractivity contribution >= 4 is 43.9 Å². The van der Waals surface area contributed by atoms with Gasteiger partial charge in [-0.15, -0.1) is 11.3 Å². The molecule has 34 heavy (non-hydrogen) atoms. The summed E-state index contributed by atoms with van der Waals surface area (Å²) in [5.41, 5.74) is 1.75. The van der Waals surface area contributed by atoms with Crippen molar-refractivity contribution in [2.75, 3.05) is 25.1 Å². The van der Waals surface area contributed by atoms with Gasteiger partial charge in [-0.2, -0.15) is 0 Å². The number of amides is 2. The Morgan fingerprint density at radius 1 is 1.21 bits per heavy atom. The maximum Gasteiger partial charge on any atom is 0.280 e. The van der Waals surface area contributed by atoms with Crippen molar-refractivity contribution in [1.29, 1.82) is 0 Å². The Morgan fingerprint density at radius 2 is 2.00 bits per heavy atom. The number of carbonyl (C=O) groups excluding carboxylic acids is 2. The van der Waals surface area contributed by atoms with E-state index < -0.39 is 39.6 Å². The smallest absolute Gasteiger partial charge is 0.280 e. The number of hydrogen-bond donors (Lipinski definition) is 3. The zero-order valence-electron chi connectivity index (χ0n) is 18.4. The standard InChI is InChI=1S/C22H24FN5O4S2/c1-28-6-4-16-19(10-28)33-22(27-16)21(30)26-18-11-34(31,32)7-5-15(18)25-20(29)17-9-12-8-13(23)2-3-14(12)24-17/h2-3,8-9,15,18,24H,4-7,10-11H2,1H3,(H,25,29)(H,26,30)/t15-,18+/m0/s1. The van der Waals surface area contributed by atoms with Gasteiger partial charge < -0.3 is 20.5 Å². The third-order valence-corrected chi connectivity index (χ3v) is 9.04. The maximum atomic E-state index is 13.5. The van der Waals surface area contributed by atoms with E-state index in [0.717, 1.165) is 30.1 Å². The molecule has 3 N–H and O–H groups in total. The molecular formula is C22H24FN5O4S2. The van der Waals surface area contributed by atoms with Crippen LogP contribution in [-0.2, 0) is 22.8 Å². The Hall–Kier alpha value is -2.83. The zero-order valence-corrected chi connectivity index (χ0v) is 20.1. The van der Waals surface area contributed by atoms with E-state index in [2.05, 4.69) is 25.5 Å². The number of likely N-dealkylation sites (N-methyl/N-ethyl adjacent to an activating group) is 1. The summed E-state index contributed by atoms with van der Waals surface area (Å²) in [5, 5.41) is 6.49. The number of thiazole rings is 1. The van der Waals surface area contributed by atoms with Gasteiger partial charge in [0.2, 0.25) is 0 Å². The number of hydrogen-bond acceptors (Lipinski definition) is 7. The highest BCUT2D eigenvalue weighted by molar-refractivity contribution is 7.91. The van der Waals surface area contributed by atoms with E-state index in [9.17, 15) is 22.4 Å². The minimum absolute atomic E-state index is 0.0832. The van der Waals surface area contributed by atoms with E-state index in [1.807, 2.05) is 7.05 Å². The summed E-state index contributed by atoms with van der Waals surface area (Å²) in [6.07, 6.45) is 0.938. The quantitative estimate of drug-likeness (QED) is 0.493. The Labute approximate surface area is 199 Å². The van der Waals surface area contributed by atoms with E-state index in [-0.39, 0.29) is 23.6 Å². The summed E-state index contributed by atoms with van der Waals surface area (Å²) < 4.78 is 38.1. The first-order valence-electron chi connectivity index (χ1n) is 10.9. The molecule has 1 aromatic carbocycles. The molecule has 0 unspecified atom stereocenters. The van der Waals surface area contributed by atoms with Crippen molar-refractivity contribution < 1.29 is 22.4 Å². The first kappa shape index (κ1) is 22.9. The van der Waals surface area contributed by atoms with Crippen molar-refractivity contribution in [2.24, 2.45) is 0 Å². The van der Waals surface area contributed by atoms with E-state index in [1.54, 1.807) is 6.07 Å². The minimum atomic E-state index is -3.37. The third-order valence-electron chi connectivity index (χ3n) is 6.24. The average molecular weight is 506 g/mol.